The molecule has 0 saturated carbocycles. The molecule has 2 aromatic rings. The predicted molar refractivity (Wildman–Crippen MR) is 68.3 cm³/mol. The Bertz CT molecular complexity index is 624. The van der Waals surface area contributed by atoms with Gasteiger partial charge in [0.25, 0.3) is 11.7 Å². The number of nitro benzene ring substituents is 1. The molecule has 1 atom stereocenters. The Kier molecular flexibility index (Phi) is 2.83. The van der Waals surface area contributed by atoms with Crippen molar-refractivity contribution in [1.29, 1.82) is 0 Å². The van der Waals surface area contributed by atoms with E-state index in [2.05, 4.69) is 4.98 Å². The second-order valence-corrected chi connectivity index (χ2v) is 4.52. The maximum Gasteiger partial charge on any atom is 0.298 e. The minimum atomic E-state index is -0.445. The molecule has 1 saturated heterocycles. The molecule has 1 aliphatic heterocycles. The molecule has 1 fully saturated rings. The van der Waals surface area contributed by atoms with E-state index < -0.39 is 4.92 Å². The number of fused-ring (bicyclic) bond motifs is 1. The van der Waals surface area contributed by atoms with E-state index in [-0.39, 0.29) is 11.7 Å². The van der Waals surface area contributed by atoms with Gasteiger partial charge in [-0.2, -0.15) is 4.98 Å². The normalized spacial score (nSPS) is 19.8. The summed E-state index contributed by atoms with van der Waals surface area (Å²) in [5.74, 6) is 0. The van der Waals surface area contributed by atoms with Gasteiger partial charge in [-0.15, -0.1) is 0 Å². The first-order chi connectivity index (χ1) is 9.15. The van der Waals surface area contributed by atoms with Crippen molar-refractivity contribution in [2.75, 3.05) is 24.7 Å². The smallest absolute Gasteiger partial charge is 0.298 e. The summed E-state index contributed by atoms with van der Waals surface area (Å²) in [6, 6.07) is 5.10. The number of benzene rings is 1. The van der Waals surface area contributed by atoms with Gasteiger partial charge in [0.05, 0.1) is 30.2 Å². The summed E-state index contributed by atoms with van der Waals surface area (Å²) in [5.41, 5.74) is 1.06. The Balaban J connectivity index is 1.99. The first-order valence-electron chi connectivity index (χ1n) is 6.04. The summed E-state index contributed by atoms with van der Waals surface area (Å²) in [5, 5.41) is 10.7. The van der Waals surface area contributed by atoms with E-state index in [9.17, 15) is 10.1 Å². The van der Waals surface area contributed by atoms with Gasteiger partial charge in [-0.25, -0.2) is 0 Å². The van der Waals surface area contributed by atoms with E-state index >= 15 is 0 Å². The molecular formula is C12H13N3O4. The van der Waals surface area contributed by atoms with Gasteiger partial charge in [0.1, 0.15) is 5.52 Å². The molecule has 0 radical (unpaired) electrons. The molecule has 19 heavy (non-hydrogen) atoms. The van der Waals surface area contributed by atoms with Crippen LogP contribution in [-0.4, -0.2) is 35.7 Å². The molecule has 7 heteroatoms. The number of hydrogen-bond donors (Lipinski definition) is 0. The van der Waals surface area contributed by atoms with E-state index in [1.807, 2.05) is 11.8 Å². The molecular weight excluding hydrogens is 250 g/mol. The lowest BCUT2D eigenvalue weighted by atomic mass is 10.3. The van der Waals surface area contributed by atoms with Crippen LogP contribution in [0, 0.1) is 10.1 Å². The molecule has 100 valence electrons. The predicted octanol–water partition coefficient (Wildman–Crippen LogP) is 1.96. The van der Waals surface area contributed by atoms with Crippen LogP contribution in [0.2, 0.25) is 0 Å². The molecule has 0 bridgehead atoms. The number of morpholine rings is 1. The van der Waals surface area contributed by atoms with Crippen molar-refractivity contribution >= 4 is 22.8 Å². The second kappa shape index (κ2) is 4.51. The van der Waals surface area contributed by atoms with E-state index in [1.165, 1.54) is 12.1 Å². The number of oxazole rings is 1. The van der Waals surface area contributed by atoms with Gasteiger partial charge in [0.15, 0.2) is 5.58 Å². The molecule has 1 unspecified atom stereocenters. The number of nitrogens with zero attached hydrogens (tertiary/aromatic N) is 3. The molecule has 1 aromatic carbocycles. The largest absolute Gasteiger partial charge is 0.423 e. The lowest BCUT2D eigenvalue weighted by molar-refractivity contribution is -0.384. The average molecular weight is 263 g/mol. The maximum absolute atomic E-state index is 10.7. The maximum atomic E-state index is 10.7. The summed E-state index contributed by atoms with van der Waals surface area (Å²) in [6.07, 6.45) is 0. The van der Waals surface area contributed by atoms with E-state index in [1.54, 1.807) is 6.07 Å². The summed E-state index contributed by atoms with van der Waals surface area (Å²) in [4.78, 5) is 16.7. The zero-order chi connectivity index (χ0) is 13.4. The highest BCUT2D eigenvalue weighted by Crippen LogP contribution is 2.27. The third-order valence-corrected chi connectivity index (χ3v) is 3.18. The number of rotatable bonds is 2. The molecule has 3 rings (SSSR count). The summed E-state index contributed by atoms with van der Waals surface area (Å²) >= 11 is 0. The van der Waals surface area contributed by atoms with Crippen LogP contribution in [0.3, 0.4) is 0 Å². The molecule has 1 aliphatic rings. The van der Waals surface area contributed by atoms with Crippen molar-refractivity contribution in [2.45, 2.75) is 13.0 Å². The van der Waals surface area contributed by atoms with E-state index in [4.69, 9.17) is 9.15 Å². The van der Waals surface area contributed by atoms with Crippen molar-refractivity contribution in [3.8, 4) is 0 Å². The molecule has 2 heterocycles. The third-order valence-electron chi connectivity index (χ3n) is 3.18. The summed E-state index contributed by atoms with van der Waals surface area (Å²) in [7, 11) is 0. The van der Waals surface area contributed by atoms with Crippen molar-refractivity contribution in [3.05, 3.63) is 28.3 Å². The summed E-state index contributed by atoms with van der Waals surface area (Å²) < 4.78 is 11.0. The van der Waals surface area contributed by atoms with E-state index in [0.29, 0.717) is 36.9 Å². The molecule has 0 amide bonds. The van der Waals surface area contributed by atoms with Crippen LogP contribution in [0.25, 0.3) is 11.1 Å². The fraction of sp³-hybridized carbons (Fsp3) is 0.417. The lowest BCUT2D eigenvalue weighted by Crippen LogP contribution is -2.43. The van der Waals surface area contributed by atoms with Crippen LogP contribution < -0.4 is 4.90 Å². The van der Waals surface area contributed by atoms with Gasteiger partial charge in [0, 0.05) is 12.6 Å². The van der Waals surface area contributed by atoms with Crippen LogP contribution in [0.15, 0.2) is 22.6 Å². The second-order valence-electron chi connectivity index (χ2n) is 4.52. The monoisotopic (exact) mass is 263 g/mol. The van der Waals surface area contributed by atoms with Crippen molar-refractivity contribution in [1.82, 2.24) is 4.98 Å². The zero-order valence-corrected chi connectivity index (χ0v) is 10.4. The highest BCUT2D eigenvalue weighted by atomic mass is 16.6. The number of ether oxygens (including phenoxy) is 1. The minimum absolute atomic E-state index is 0.00484. The Labute approximate surface area is 108 Å². The molecule has 0 aliphatic carbocycles. The molecule has 1 aromatic heterocycles. The number of non-ortho nitro benzene ring substituents is 1. The minimum Gasteiger partial charge on any atom is -0.423 e. The number of hydrogen-bond acceptors (Lipinski definition) is 6. The molecule has 0 spiro atoms. The highest BCUT2D eigenvalue weighted by molar-refractivity contribution is 5.77. The van der Waals surface area contributed by atoms with Crippen molar-refractivity contribution < 1.29 is 14.1 Å². The standard InChI is InChI=1S/C12H13N3O4/c1-8-7-18-5-4-14(8)12-13-10-3-2-9(15(16)17)6-11(10)19-12/h2-3,6,8H,4-5,7H2,1H3. The van der Waals surface area contributed by atoms with Gasteiger partial charge in [-0.1, -0.05) is 0 Å². The van der Waals surface area contributed by atoms with Gasteiger partial charge in [-0.05, 0) is 13.0 Å². The van der Waals surface area contributed by atoms with Crippen molar-refractivity contribution in [2.24, 2.45) is 0 Å². The van der Waals surface area contributed by atoms with Crippen molar-refractivity contribution in [3.63, 3.8) is 0 Å². The van der Waals surface area contributed by atoms with Gasteiger partial charge in [0.2, 0.25) is 0 Å². The Morgan fingerprint density at radius 3 is 3.11 bits per heavy atom. The Hall–Kier alpha value is -2.15. The Morgan fingerprint density at radius 1 is 1.53 bits per heavy atom. The topological polar surface area (TPSA) is 81.6 Å². The van der Waals surface area contributed by atoms with Crippen LogP contribution in [0.1, 0.15) is 6.92 Å². The number of anilines is 1. The molecule has 0 N–H and O–H groups in total. The fourth-order valence-corrected chi connectivity index (χ4v) is 2.15. The first kappa shape index (κ1) is 11.9. The number of aromatic nitrogens is 1. The van der Waals surface area contributed by atoms with Crippen LogP contribution >= 0.6 is 0 Å². The zero-order valence-electron chi connectivity index (χ0n) is 10.4. The highest BCUT2D eigenvalue weighted by Gasteiger charge is 2.24. The van der Waals surface area contributed by atoms with Crippen LogP contribution in [-0.2, 0) is 4.74 Å². The SMILES string of the molecule is CC1COCCN1c1nc2ccc([N+](=O)[O-])cc2o1. The quantitative estimate of drug-likeness (QED) is 0.608. The summed E-state index contributed by atoms with van der Waals surface area (Å²) in [6.45, 7) is 3.98. The van der Waals surface area contributed by atoms with E-state index in [0.717, 1.165) is 0 Å². The van der Waals surface area contributed by atoms with Gasteiger partial charge < -0.3 is 14.1 Å². The average Bonchev–Trinajstić information content (AvgIpc) is 2.81. The Morgan fingerprint density at radius 2 is 2.37 bits per heavy atom. The lowest BCUT2D eigenvalue weighted by Gasteiger charge is -2.31. The fourth-order valence-electron chi connectivity index (χ4n) is 2.15. The number of nitro groups is 1. The van der Waals surface area contributed by atoms with Crippen LogP contribution in [0.4, 0.5) is 11.7 Å². The van der Waals surface area contributed by atoms with Gasteiger partial charge in [-0.3, -0.25) is 10.1 Å². The van der Waals surface area contributed by atoms with Gasteiger partial charge >= 0.3 is 0 Å². The first-order valence-corrected chi connectivity index (χ1v) is 6.04. The van der Waals surface area contributed by atoms with Crippen LogP contribution in [0.5, 0.6) is 0 Å². The third kappa shape index (κ3) is 2.12. The molecule has 7 nitrogen and oxygen atoms in total.